The zero-order chi connectivity index (χ0) is 18.7. The summed E-state index contributed by atoms with van der Waals surface area (Å²) in [7, 11) is 0. The standard InChI is InChI=1S/C21H22N2O3/c1-3-15-8-6-7-14(2)19(15)23-20(25)17-10-5-4-9-16(17)18(21(23)26)13-22-11-12-24/h4-10,13,24,26H,3,11-12H2,1-2H3. The quantitative estimate of drug-likeness (QED) is 0.695. The van der Waals surface area contributed by atoms with Crippen LogP contribution in [-0.4, -0.2) is 34.1 Å². The van der Waals surface area contributed by atoms with Crippen LogP contribution in [0.3, 0.4) is 0 Å². The van der Waals surface area contributed by atoms with Gasteiger partial charge in [0.2, 0.25) is 5.88 Å². The van der Waals surface area contributed by atoms with Gasteiger partial charge in [-0.15, -0.1) is 0 Å². The second-order valence-corrected chi connectivity index (χ2v) is 6.12. The highest BCUT2D eigenvalue weighted by molar-refractivity contribution is 6.01. The van der Waals surface area contributed by atoms with Crippen LogP contribution in [0.5, 0.6) is 5.88 Å². The summed E-state index contributed by atoms with van der Waals surface area (Å²) in [6.07, 6.45) is 2.26. The fraction of sp³-hybridized carbons (Fsp3) is 0.238. The number of hydrogen-bond donors (Lipinski definition) is 2. The number of fused-ring (bicyclic) bond motifs is 1. The van der Waals surface area contributed by atoms with Crippen molar-refractivity contribution < 1.29 is 10.2 Å². The molecule has 0 aliphatic carbocycles. The lowest BCUT2D eigenvalue weighted by Gasteiger charge is -2.18. The molecule has 0 radical (unpaired) electrons. The van der Waals surface area contributed by atoms with Crippen molar-refractivity contribution in [2.75, 3.05) is 13.2 Å². The molecule has 0 bridgehead atoms. The van der Waals surface area contributed by atoms with E-state index in [9.17, 15) is 9.90 Å². The predicted octanol–water partition coefficient (Wildman–Crippen LogP) is 2.98. The van der Waals surface area contributed by atoms with E-state index in [1.165, 1.54) is 10.8 Å². The highest BCUT2D eigenvalue weighted by Gasteiger charge is 2.19. The number of para-hydroxylation sites is 1. The van der Waals surface area contributed by atoms with Crippen molar-refractivity contribution in [2.24, 2.45) is 4.99 Å². The Morgan fingerprint density at radius 3 is 2.54 bits per heavy atom. The van der Waals surface area contributed by atoms with Gasteiger partial charge in [-0.2, -0.15) is 0 Å². The van der Waals surface area contributed by atoms with E-state index >= 15 is 0 Å². The van der Waals surface area contributed by atoms with Crippen molar-refractivity contribution in [1.82, 2.24) is 4.57 Å². The molecule has 5 heteroatoms. The summed E-state index contributed by atoms with van der Waals surface area (Å²) >= 11 is 0. The molecule has 0 fully saturated rings. The van der Waals surface area contributed by atoms with Crippen LogP contribution in [0.4, 0.5) is 0 Å². The van der Waals surface area contributed by atoms with Gasteiger partial charge < -0.3 is 10.2 Å². The summed E-state index contributed by atoms with van der Waals surface area (Å²) in [5.41, 5.74) is 2.81. The van der Waals surface area contributed by atoms with E-state index < -0.39 is 0 Å². The summed E-state index contributed by atoms with van der Waals surface area (Å²) in [5, 5.41) is 21.1. The van der Waals surface area contributed by atoms with Crippen LogP contribution in [-0.2, 0) is 6.42 Å². The lowest BCUT2D eigenvalue weighted by molar-refractivity contribution is 0.307. The van der Waals surface area contributed by atoms with Gasteiger partial charge in [0.15, 0.2) is 0 Å². The number of aromatic hydroxyl groups is 1. The largest absolute Gasteiger partial charge is 0.494 e. The molecule has 2 N–H and O–H groups in total. The number of aryl methyl sites for hydroxylation is 2. The minimum Gasteiger partial charge on any atom is -0.494 e. The lowest BCUT2D eigenvalue weighted by Crippen LogP contribution is -2.22. The van der Waals surface area contributed by atoms with Crippen LogP contribution in [0.25, 0.3) is 16.5 Å². The van der Waals surface area contributed by atoms with Crippen LogP contribution >= 0.6 is 0 Å². The molecule has 0 atom stereocenters. The fourth-order valence-electron chi connectivity index (χ4n) is 3.24. The lowest BCUT2D eigenvalue weighted by atomic mass is 10.0. The average molecular weight is 350 g/mol. The van der Waals surface area contributed by atoms with Gasteiger partial charge in [0.25, 0.3) is 5.56 Å². The number of aliphatic hydroxyl groups excluding tert-OH is 1. The van der Waals surface area contributed by atoms with E-state index in [-0.39, 0.29) is 24.6 Å². The van der Waals surface area contributed by atoms with Gasteiger partial charge in [-0.1, -0.05) is 43.3 Å². The van der Waals surface area contributed by atoms with Crippen molar-refractivity contribution in [3.8, 4) is 11.6 Å². The Morgan fingerprint density at radius 1 is 1.12 bits per heavy atom. The molecule has 0 saturated heterocycles. The van der Waals surface area contributed by atoms with Gasteiger partial charge in [-0.25, -0.2) is 4.57 Å². The molecular weight excluding hydrogens is 328 g/mol. The van der Waals surface area contributed by atoms with Crippen molar-refractivity contribution in [2.45, 2.75) is 20.3 Å². The molecule has 5 nitrogen and oxygen atoms in total. The highest BCUT2D eigenvalue weighted by atomic mass is 16.3. The summed E-state index contributed by atoms with van der Waals surface area (Å²) in [5.74, 6) is -0.139. The molecule has 0 spiro atoms. The van der Waals surface area contributed by atoms with Gasteiger partial charge in [0.05, 0.1) is 24.4 Å². The predicted molar refractivity (Wildman–Crippen MR) is 105 cm³/mol. The van der Waals surface area contributed by atoms with Crippen molar-refractivity contribution in [3.63, 3.8) is 0 Å². The Kier molecular flexibility index (Phi) is 5.19. The summed E-state index contributed by atoms with van der Waals surface area (Å²) in [6.45, 7) is 4.10. The Hall–Kier alpha value is -2.92. The third-order valence-corrected chi connectivity index (χ3v) is 4.48. The average Bonchev–Trinajstić information content (AvgIpc) is 2.65. The second-order valence-electron chi connectivity index (χ2n) is 6.12. The molecule has 1 heterocycles. The fourth-order valence-corrected chi connectivity index (χ4v) is 3.24. The number of pyridine rings is 1. The Balaban J connectivity index is 2.43. The first kappa shape index (κ1) is 17.9. The van der Waals surface area contributed by atoms with Crippen molar-refractivity contribution in [1.29, 1.82) is 0 Å². The minimum absolute atomic E-state index is 0.0768. The number of rotatable bonds is 5. The number of benzene rings is 2. The SMILES string of the molecule is CCc1cccc(C)c1-n1c(O)c(C=NCCO)c2ccccc2c1=O. The zero-order valence-corrected chi connectivity index (χ0v) is 14.9. The summed E-state index contributed by atoms with van der Waals surface area (Å²) in [6, 6.07) is 13.0. The number of aromatic nitrogens is 1. The third-order valence-electron chi connectivity index (χ3n) is 4.48. The van der Waals surface area contributed by atoms with Crippen molar-refractivity contribution in [3.05, 3.63) is 69.5 Å². The van der Waals surface area contributed by atoms with E-state index in [1.54, 1.807) is 18.2 Å². The zero-order valence-electron chi connectivity index (χ0n) is 14.9. The molecule has 1 aromatic heterocycles. The van der Waals surface area contributed by atoms with Gasteiger partial charge in [-0.05, 0) is 30.5 Å². The first-order valence-corrected chi connectivity index (χ1v) is 8.66. The van der Waals surface area contributed by atoms with Gasteiger partial charge in [0, 0.05) is 17.0 Å². The molecule has 0 amide bonds. The first-order valence-electron chi connectivity index (χ1n) is 8.66. The first-order chi connectivity index (χ1) is 12.6. The molecule has 0 aliphatic heterocycles. The smallest absolute Gasteiger partial charge is 0.265 e. The number of hydrogen-bond acceptors (Lipinski definition) is 4. The maximum Gasteiger partial charge on any atom is 0.265 e. The highest BCUT2D eigenvalue weighted by Crippen LogP contribution is 2.29. The van der Waals surface area contributed by atoms with Crippen LogP contribution < -0.4 is 5.56 Å². The topological polar surface area (TPSA) is 74.8 Å². The molecule has 3 aromatic rings. The van der Waals surface area contributed by atoms with Crippen LogP contribution in [0.1, 0.15) is 23.6 Å². The van der Waals surface area contributed by atoms with E-state index in [2.05, 4.69) is 4.99 Å². The van der Waals surface area contributed by atoms with Gasteiger partial charge in [0.1, 0.15) is 0 Å². The maximum absolute atomic E-state index is 13.2. The van der Waals surface area contributed by atoms with Crippen molar-refractivity contribution >= 4 is 17.0 Å². The van der Waals surface area contributed by atoms with E-state index in [1.807, 2.05) is 38.1 Å². The Morgan fingerprint density at radius 2 is 1.85 bits per heavy atom. The molecule has 134 valence electrons. The maximum atomic E-state index is 13.2. The van der Waals surface area contributed by atoms with Crippen LogP contribution in [0, 0.1) is 6.92 Å². The van der Waals surface area contributed by atoms with Gasteiger partial charge >= 0.3 is 0 Å². The molecule has 26 heavy (non-hydrogen) atoms. The second kappa shape index (κ2) is 7.54. The van der Waals surface area contributed by atoms with E-state index in [0.29, 0.717) is 22.0 Å². The molecule has 2 aromatic carbocycles. The van der Waals surface area contributed by atoms with Gasteiger partial charge in [-0.3, -0.25) is 9.79 Å². The summed E-state index contributed by atoms with van der Waals surface area (Å²) in [4.78, 5) is 17.3. The number of nitrogens with zero attached hydrogens (tertiary/aromatic N) is 2. The normalized spacial score (nSPS) is 11.5. The number of aliphatic imine (C=N–C) groups is 1. The summed E-state index contributed by atoms with van der Waals surface area (Å²) < 4.78 is 1.37. The Labute approximate surface area is 151 Å². The van der Waals surface area contributed by atoms with E-state index in [0.717, 1.165) is 17.5 Å². The monoisotopic (exact) mass is 350 g/mol. The molecular formula is C21H22N2O3. The number of aliphatic hydroxyl groups is 1. The molecule has 0 unspecified atom stereocenters. The minimum atomic E-state index is -0.263. The molecule has 0 saturated carbocycles. The molecule has 3 rings (SSSR count). The van der Waals surface area contributed by atoms with Crippen LogP contribution in [0.2, 0.25) is 0 Å². The Bertz CT molecular complexity index is 1040. The molecule has 0 aliphatic rings. The third kappa shape index (κ3) is 3.02. The van der Waals surface area contributed by atoms with Crippen LogP contribution in [0.15, 0.2) is 52.3 Å². The van der Waals surface area contributed by atoms with E-state index in [4.69, 9.17) is 5.11 Å².